The average Bonchev–Trinajstić information content (AvgIpc) is 2.40. The molecule has 19 heavy (non-hydrogen) atoms. The summed E-state index contributed by atoms with van der Waals surface area (Å²) in [5, 5.41) is 8.14. The van der Waals surface area contributed by atoms with E-state index < -0.39 is 17.2 Å². The van der Waals surface area contributed by atoms with Gasteiger partial charge in [-0.1, -0.05) is 33.1 Å². The third-order valence-electron chi connectivity index (χ3n) is 2.45. The molecule has 0 radical (unpaired) electrons. The molecule has 0 aromatic carbocycles. The Morgan fingerprint density at radius 1 is 1.47 bits per heavy atom. The Balaban J connectivity index is 0.000000344. The number of nitrogens with two attached hydrogens (primary N) is 1. The molecule has 1 unspecified atom stereocenters. The highest BCUT2D eigenvalue weighted by Crippen LogP contribution is 2.02. The fourth-order valence-electron chi connectivity index (χ4n) is 1.44. The maximum absolute atomic E-state index is 12.1. The fourth-order valence-corrected chi connectivity index (χ4v) is 1.44. The third kappa shape index (κ3) is 8.06. The molecular weight excluding hydrogens is 247 g/mol. The number of hydrogen-bond acceptors (Lipinski definition) is 4. The predicted octanol–water partition coefficient (Wildman–Crippen LogP) is 2.08. The van der Waals surface area contributed by atoms with Crippen molar-refractivity contribution in [2.45, 2.75) is 52.0 Å². The molecule has 5 nitrogen and oxygen atoms in total. The van der Waals surface area contributed by atoms with Crippen LogP contribution in [0.2, 0.25) is 0 Å². The smallest absolute Gasteiger partial charge is 0.284 e. The molecule has 1 atom stereocenters. The quantitative estimate of drug-likeness (QED) is 0.854. The van der Waals surface area contributed by atoms with Gasteiger partial charge in [0.05, 0.1) is 6.20 Å². The Morgan fingerprint density at radius 3 is 2.63 bits per heavy atom. The van der Waals surface area contributed by atoms with E-state index in [2.05, 4.69) is 18.8 Å². The Labute approximate surface area is 112 Å². The van der Waals surface area contributed by atoms with Crippen LogP contribution in [0.3, 0.4) is 0 Å². The summed E-state index contributed by atoms with van der Waals surface area (Å²) in [6.07, 6.45) is 7.00. The predicted molar refractivity (Wildman–Crippen MR) is 71.9 cm³/mol. The number of nitrogens with zero attached hydrogens (tertiary/aromatic N) is 2. The van der Waals surface area contributed by atoms with E-state index in [-0.39, 0.29) is 0 Å². The lowest BCUT2D eigenvalue weighted by molar-refractivity contribution is 0.535. The van der Waals surface area contributed by atoms with E-state index in [0.29, 0.717) is 6.04 Å². The number of aromatic amines is 1. The van der Waals surface area contributed by atoms with Crippen LogP contribution in [0.1, 0.15) is 51.6 Å². The van der Waals surface area contributed by atoms with E-state index in [0.717, 1.165) is 6.20 Å². The number of unbranched alkanes of at least 4 members (excludes halogenated alkanes) is 1. The molecule has 0 bridgehead atoms. The van der Waals surface area contributed by atoms with Gasteiger partial charge in [0.2, 0.25) is 11.6 Å². The number of nitriles is 1. The second-order valence-electron chi connectivity index (χ2n) is 4.20. The second kappa shape index (κ2) is 10.2. The van der Waals surface area contributed by atoms with Crippen LogP contribution < -0.4 is 11.3 Å². The number of H-pyrrole nitrogens is 1. The third-order valence-corrected chi connectivity index (χ3v) is 2.45. The monoisotopic (exact) mass is 268 g/mol. The molecule has 1 rings (SSSR count). The Bertz CT molecular complexity index is 453. The largest absolute Gasteiger partial charge is 0.328 e. The van der Waals surface area contributed by atoms with Crippen molar-refractivity contribution in [3.05, 3.63) is 28.2 Å². The van der Waals surface area contributed by atoms with Gasteiger partial charge in [-0.15, -0.1) is 0 Å². The van der Waals surface area contributed by atoms with Gasteiger partial charge in [-0.3, -0.25) is 4.79 Å². The lowest BCUT2D eigenvalue weighted by Crippen LogP contribution is -2.18. The number of rotatable bonds is 5. The van der Waals surface area contributed by atoms with Gasteiger partial charge < -0.3 is 10.7 Å². The van der Waals surface area contributed by atoms with E-state index in [1.807, 2.05) is 4.98 Å². The topological polar surface area (TPSA) is 95.6 Å². The minimum Gasteiger partial charge on any atom is -0.328 e. The highest BCUT2D eigenvalue weighted by atomic mass is 19.1. The van der Waals surface area contributed by atoms with Gasteiger partial charge in [0.1, 0.15) is 6.07 Å². The average molecular weight is 268 g/mol. The van der Waals surface area contributed by atoms with Gasteiger partial charge in [0.25, 0.3) is 5.56 Å². The van der Waals surface area contributed by atoms with Crippen LogP contribution in [-0.4, -0.2) is 16.0 Å². The van der Waals surface area contributed by atoms with Crippen LogP contribution in [-0.2, 0) is 0 Å². The summed E-state index contributed by atoms with van der Waals surface area (Å²) < 4.78 is 12.1. The normalized spacial score (nSPS) is 11.1. The van der Waals surface area contributed by atoms with Crippen molar-refractivity contribution >= 4 is 0 Å². The molecule has 3 N–H and O–H groups in total. The summed E-state index contributed by atoms with van der Waals surface area (Å²) in [5.41, 5.74) is 4.64. The van der Waals surface area contributed by atoms with E-state index in [1.54, 1.807) is 0 Å². The van der Waals surface area contributed by atoms with Crippen molar-refractivity contribution in [2.24, 2.45) is 5.73 Å². The molecule has 1 aromatic heterocycles. The van der Waals surface area contributed by atoms with Crippen molar-refractivity contribution in [2.75, 3.05) is 0 Å². The number of hydrogen-bond donors (Lipinski definition) is 2. The highest BCUT2D eigenvalue weighted by Gasteiger charge is 1.99. The zero-order valence-electron chi connectivity index (χ0n) is 11.4. The van der Waals surface area contributed by atoms with Crippen molar-refractivity contribution in [3.8, 4) is 6.07 Å². The molecule has 0 fully saturated rings. The first-order valence-corrected chi connectivity index (χ1v) is 6.46. The number of nitrogens with one attached hydrogen (secondary N) is 1. The SMILES string of the molecule is CCCCC(N)CCC.N#Cc1nc(F)c[nH]c1=O. The lowest BCUT2D eigenvalue weighted by Gasteiger charge is -2.07. The molecule has 0 aliphatic carbocycles. The minimum absolute atomic E-state index is 0.458. The zero-order valence-corrected chi connectivity index (χ0v) is 11.4. The van der Waals surface area contributed by atoms with Crippen LogP contribution in [0.15, 0.2) is 11.0 Å². The first-order valence-electron chi connectivity index (χ1n) is 6.46. The van der Waals surface area contributed by atoms with Crippen molar-refractivity contribution in [1.82, 2.24) is 9.97 Å². The van der Waals surface area contributed by atoms with Gasteiger partial charge >= 0.3 is 0 Å². The molecular formula is C13H21FN4O. The van der Waals surface area contributed by atoms with Gasteiger partial charge in [0, 0.05) is 6.04 Å². The van der Waals surface area contributed by atoms with Crippen LogP contribution in [0, 0.1) is 17.3 Å². The van der Waals surface area contributed by atoms with Crippen LogP contribution in [0.4, 0.5) is 4.39 Å². The summed E-state index contributed by atoms with van der Waals surface area (Å²) in [5.74, 6) is -0.865. The minimum atomic E-state index is -0.865. The van der Waals surface area contributed by atoms with Gasteiger partial charge in [0.15, 0.2) is 0 Å². The molecule has 1 aromatic rings. The van der Waals surface area contributed by atoms with E-state index in [9.17, 15) is 9.18 Å². The molecule has 1 heterocycles. The van der Waals surface area contributed by atoms with Gasteiger partial charge in [-0.05, 0) is 12.8 Å². The van der Waals surface area contributed by atoms with Crippen molar-refractivity contribution in [3.63, 3.8) is 0 Å². The van der Waals surface area contributed by atoms with Crippen LogP contribution in [0.5, 0.6) is 0 Å². The molecule has 0 aliphatic rings. The molecule has 0 saturated heterocycles. The van der Waals surface area contributed by atoms with Crippen molar-refractivity contribution < 1.29 is 4.39 Å². The molecule has 0 saturated carbocycles. The maximum Gasteiger partial charge on any atom is 0.284 e. The maximum atomic E-state index is 12.1. The Morgan fingerprint density at radius 2 is 2.16 bits per heavy atom. The number of aromatic nitrogens is 2. The molecule has 6 heteroatoms. The Hall–Kier alpha value is -1.74. The zero-order chi connectivity index (χ0) is 14.7. The standard InChI is InChI=1S/C8H19N.C5H2FN3O/c1-3-5-7-8(9)6-4-2;6-4-2-8-5(10)3(1-7)9-4/h8H,3-7,9H2,1-2H3;2H,(H,8,10). The Kier molecular flexibility index (Phi) is 9.27. The molecule has 0 aliphatic heterocycles. The second-order valence-corrected chi connectivity index (χ2v) is 4.20. The first-order chi connectivity index (χ1) is 9.04. The van der Waals surface area contributed by atoms with Crippen LogP contribution in [0.25, 0.3) is 0 Å². The van der Waals surface area contributed by atoms with E-state index in [1.165, 1.54) is 38.2 Å². The van der Waals surface area contributed by atoms with E-state index in [4.69, 9.17) is 11.0 Å². The molecule has 0 amide bonds. The van der Waals surface area contributed by atoms with Gasteiger partial charge in [-0.25, -0.2) is 4.98 Å². The summed E-state index contributed by atoms with van der Waals surface area (Å²) in [4.78, 5) is 15.5. The summed E-state index contributed by atoms with van der Waals surface area (Å²) in [6, 6.07) is 1.91. The van der Waals surface area contributed by atoms with Gasteiger partial charge in [-0.2, -0.15) is 9.65 Å². The highest BCUT2D eigenvalue weighted by molar-refractivity contribution is 5.14. The summed E-state index contributed by atoms with van der Waals surface area (Å²) in [7, 11) is 0. The lowest BCUT2D eigenvalue weighted by atomic mass is 10.1. The van der Waals surface area contributed by atoms with Crippen LogP contribution >= 0.6 is 0 Å². The first kappa shape index (κ1) is 17.3. The molecule has 0 spiro atoms. The van der Waals surface area contributed by atoms with Crippen molar-refractivity contribution in [1.29, 1.82) is 5.26 Å². The fraction of sp³-hybridized carbons (Fsp3) is 0.615. The summed E-state index contributed by atoms with van der Waals surface area (Å²) in [6.45, 7) is 4.39. The molecule has 106 valence electrons. The number of halogens is 1. The summed E-state index contributed by atoms with van der Waals surface area (Å²) >= 11 is 0. The van der Waals surface area contributed by atoms with E-state index >= 15 is 0 Å².